The molecule has 1 aromatic carbocycles. The zero-order chi connectivity index (χ0) is 15.8. The molecule has 3 aromatic heterocycles. The van der Waals surface area contributed by atoms with Crippen molar-refractivity contribution in [3.63, 3.8) is 0 Å². The Morgan fingerprint density at radius 1 is 0.913 bits per heavy atom. The van der Waals surface area contributed by atoms with Gasteiger partial charge in [-0.05, 0) is 30.3 Å². The summed E-state index contributed by atoms with van der Waals surface area (Å²) < 4.78 is 0. The van der Waals surface area contributed by atoms with Crippen molar-refractivity contribution in [2.45, 2.75) is 0 Å². The zero-order valence-corrected chi connectivity index (χ0v) is 12.2. The van der Waals surface area contributed by atoms with Crippen LogP contribution in [0.1, 0.15) is 0 Å². The maximum atomic E-state index is 5.91. The van der Waals surface area contributed by atoms with E-state index in [1.807, 2.05) is 48.7 Å². The summed E-state index contributed by atoms with van der Waals surface area (Å²) in [5.41, 5.74) is 16.6. The van der Waals surface area contributed by atoms with Crippen LogP contribution in [0.25, 0.3) is 33.5 Å². The molecule has 3 heterocycles. The minimum Gasteiger partial charge on any atom is -0.399 e. The lowest BCUT2D eigenvalue weighted by Gasteiger charge is -2.06. The fourth-order valence-corrected chi connectivity index (χ4v) is 2.62. The highest BCUT2D eigenvalue weighted by Crippen LogP contribution is 2.29. The smallest absolute Gasteiger partial charge is 0.221 e. The molecule has 0 amide bonds. The maximum absolute atomic E-state index is 5.91. The lowest BCUT2D eigenvalue weighted by molar-refractivity contribution is 1.19. The Morgan fingerprint density at radius 2 is 1.78 bits per heavy atom. The zero-order valence-electron chi connectivity index (χ0n) is 12.2. The Labute approximate surface area is 132 Å². The van der Waals surface area contributed by atoms with Gasteiger partial charge in [0, 0.05) is 34.6 Å². The van der Waals surface area contributed by atoms with Gasteiger partial charge in [-0.3, -0.25) is 0 Å². The van der Waals surface area contributed by atoms with E-state index in [1.165, 1.54) is 0 Å². The number of pyridine rings is 1. The number of aromatic amines is 1. The molecule has 0 aliphatic rings. The number of nitrogens with two attached hydrogens (primary N) is 2. The van der Waals surface area contributed by atoms with E-state index in [2.05, 4.69) is 19.9 Å². The molecule has 0 unspecified atom stereocenters. The summed E-state index contributed by atoms with van der Waals surface area (Å²) in [6, 6.07) is 13.3. The van der Waals surface area contributed by atoms with Gasteiger partial charge < -0.3 is 16.5 Å². The Bertz CT molecular complexity index is 1000. The van der Waals surface area contributed by atoms with Crippen LogP contribution in [0.4, 0.5) is 11.6 Å². The summed E-state index contributed by atoms with van der Waals surface area (Å²) in [6.07, 6.45) is 3.62. The first-order chi connectivity index (χ1) is 11.2. The maximum Gasteiger partial charge on any atom is 0.221 e. The van der Waals surface area contributed by atoms with Crippen LogP contribution in [0.3, 0.4) is 0 Å². The molecule has 0 radical (unpaired) electrons. The summed E-state index contributed by atoms with van der Waals surface area (Å²) >= 11 is 0. The number of nitrogens with one attached hydrogen (secondary N) is 1. The van der Waals surface area contributed by atoms with Gasteiger partial charge >= 0.3 is 0 Å². The van der Waals surface area contributed by atoms with Crippen molar-refractivity contribution in [3.05, 3.63) is 54.9 Å². The van der Waals surface area contributed by atoms with Crippen molar-refractivity contribution >= 4 is 22.7 Å². The van der Waals surface area contributed by atoms with Gasteiger partial charge in [0.15, 0.2) is 0 Å². The number of rotatable bonds is 2. The molecule has 0 fully saturated rings. The van der Waals surface area contributed by atoms with Crippen LogP contribution < -0.4 is 11.5 Å². The van der Waals surface area contributed by atoms with Crippen LogP contribution in [0.2, 0.25) is 0 Å². The monoisotopic (exact) mass is 302 g/mol. The average molecular weight is 302 g/mol. The van der Waals surface area contributed by atoms with Crippen molar-refractivity contribution in [1.29, 1.82) is 0 Å². The fourth-order valence-electron chi connectivity index (χ4n) is 2.62. The van der Waals surface area contributed by atoms with E-state index >= 15 is 0 Å². The third kappa shape index (κ3) is 2.36. The van der Waals surface area contributed by atoms with Crippen molar-refractivity contribution in [3.8, 4) is 22.5 Å². The number of hydrogen-bond acceptors (Lipinski definition) is 5. The molecule has 0 aliphatic carbocycles. The van der Waals surface area contributed by atoms with Gasteiger partial charge in [0.2, 0.25) is 5.95 Å². The third-order valence-electron chi connectivity index (χ3n) is 3.65. The number of nitrogen functional groups attached to an aromatic ring is 2. The van der Waals surface area contributed by atoms with E-state index in [0.717, 1.165) is 33.5 Å². The van der Waals surface area contributed by atoms with E-state index in [1.54, 1.807) is 6.20 Å². The highest BCUT2D eigenvalue weighted by atomic mass is 15.0. The van der Waals surface area contributed by atoms with E-state index in [9.17, 15) is 0 Å². The number of anilines is 2. The molecule has 0 bridgehead atoms. The van der Waals surface area contributed by atoms with E-state index in [-0.39, 0.29) is 5.95 Å². The standard InChI is InChI=1S/C17H14N6/c18-11-4-1-3-10(7-11)14-8-15(23-17(19)22-14)13-9-21-16-12(13)5-2-6-20-16/h1-9H,18H2,(H,20,21)(H2,19,22,23). The summed E-state index contributed by atoms with van der Waals surface area (Å²) in [6.45, 7) is 0. The second-order valence-corrected chi connectivity index (χ2v) is 5.22. The first kappa shape index (κ1) is 13.3. The molecule has 6 heteroatoms. The van der Waals surface area contributed by atoms with E-state index in [4.69, 9.17) is 11.5 Å². The van der Waals surface area contributed by atoms with Crippen molar-refractivity contribution in [1.82, 2.24) is 19.9 Å². The molecule has 0 aliphatic heterocycles. The second kappa shape index (κ2) is 5.10. The molecule has 23 heavy (non-hydrogen) atoms. The molecule has 4 rings (SSSR count). The van der Waals surface area contributed by atoms with Gasteiger partial charge in [-0.1, -0.05) is 12.1 Å². The molecule has 0 atom stereocenters. The van der Waals surface area contributed by atoms with Gasteiger partial charge in [-0.2, -0.15) is 0 Å². The molecule has 0 saturated heterocycles. The normalized spacial score (nSPS) is 11.0. The second-order valence-electron chi connectivity index (χ2n) is 5.22. The van der Waals surface area contributed by atoms with Gasteiger partial charge in [-0.15, -0.1) is 0 Å². The number of H-pyrrole nitrogens is 1. The van der Waals surface area contributed by atoms with Crippen LogP contribution in [-0.2, 0) is 0 Å². The first-order valence-corrected chi connectivity index (χ1v) is 7.13. The van der Waals surface area contributed by atoms with Crippen LogP contribution in [-0.4, -0.2) is 19.9 Å². The number of benzene rings is 1. The third-order valence-corrected chi connectivity index (χ3v) is 3.65. The minimum atomic E-state index is 0.221. The summed E-state index contributed by atoms with van der Waals surface area (Å²) in [4.78, 5) is 16.1. The highest BCUT2D eigenvalue weighted by molar-refractivity contribution is 5.93. The molecule has 0 saturated carbocycles. The molecule has 112 valence electrons. The topological polar surface area (TPSA) is 106 Å². The van der Waals surface area contributed by atoms with Crippen LogP contribution in [0, 0.1) is 0 Å². The molecular weight excluding hydrogens is 288 g/mol. The molecule has 4 aromatic rings. The lowest BCUT2D eigenvalue weighted by Crippen LogP contribution is -1.98. The SMILES string of the molecule is Nc1cccc(-c2cc(-c3c[nH]c4ncccc34)nc(N)n2)c1. The minimum absolute atomic E-state index is 0.221. The highest BCUT2D eigenvalue weighted by Gasteiger charge is 2.11. The molecule has 5 N–H and O–H groups in total. The van der Waals surface area contributed by atoms with Crippen LogP contribution >= 0.6 is 0 Å². The van der Waals surface area contributed by atoms with Crippen molar-refractivity contribution < 1.29 is 0 Å². The molecular formula is C17H14N6. The molecule has 6 nitrogen and oxygen atoms in total. The number of aromatic nitrogens is 4. The van der Waals surface area contributed by atoms with Crippen LogP contribution in [0.5, 0.6) is 0 Å². The van der Waals surface area contributed by atoms with Gasteiger partial charge in [0.1, 0.15) is 5.65 Å². The summed E-state index contributed by atoms with van der Waals surface area (Å²) in [5.74, 6) is 0.221. The van der Waals surface area contributed by atoms with Gasteiger partial charge in [-0.25, -0.2) is 15.0 Å². The number of nitrogens with zero attached hydrogens (tertiary/aromatic N) is 3. The Morgan fingerprint density at radius 3 is 2.65 bits per heavy atom. The summed E-state index contributed by atoms with van der Waals surface area (Å²) in [5, 5.41) is 0.990. The Kier molecular flexibility index (Phi) is 2.94. The van der Waals surface area contributed by atoms with Crippen molar-refractivity contribution in [2.75, 3.05) is 11.5 Å². The van der Waals surface area contributed by atoms with E-state index in [0.29, 0.717) is 5.69 Å². The lowest BCUT2D eigenvalue weighted by atomic mass is 10.1. The predicted octanol–water partition coefficient (Wildman–Crippen LogP) is 2.85. The predicted molar refractivity (Wildman–Crippen MR) is 91.4 cm³/mol. The largest absolute Gasteiger partial charge is 0.399 e. The van der Waals surface area contributed by atoms with E-state index < -0.39 is 0 Å². The van der Waals surface area contributed by atoms with Crippen molar-refractivity contribution in [2.24, 2.45) is 0 Å². The number of fused-ring (bicyclic) bond motifs is 1. The van der Waals surface area contributed by atoms with Gasteiger partial charge in [0.05, 0.1) is 11.4 Å². The first-order valence-electron chi connectivity index (χ1n) is 7.13. The number of hydrogen-bond donors (Lipinski definition) is 3. The quantitative estimate of drug-likeness (QED) is 0.494. The molecule has 0 spiro atoms. The fraction of sp³-hybridized carbons (Fsp3) is 0. The average Bonchev–Trinajstić information content (AvgIpc) is 2.98. The Hall–Kier alpha value is -3.41. The van der Waals surface area contributed by atoms with Crippen LogP contribution in [0.15, 0.2) is 54.9 Å². The van der Waals surface area contributed by atoms with Gasteiger partial charge in [0.25, 0.3) is 0 Å². The summed E-state index contributed by atoms with van der Waals surface area (Å²) in [7, 11) is 0. The Balaban J connectivity index is 1.90.